The van der Waals surface area contributed by atoms with Gasteiger partial charge in [0.15, 0.2) is 0 Å². The molecule has 0 aromatic heterocycles. The van der Waals surface area contributed by atoms with Crippen molar-refractivity contribution in [2.45, 2.75) is 19.0 Å². The van der Waals surface area contributed by atoms with Crippen molar-refractivity contribution in [1.82, 2.24) is 10.0 Å². The van der Waals surface area contributed by atoms with Gasteiger partial charge in [-0.25, -0.2) is 13.1 Å². The molecule has 4 nitrogen and oxygen atoms in total. The summed E-state index contributed by atoms with van der Waals surface area (Å²) in [6.07, 6.45) is -5.77. The van der Waals surface area contributed by atoms with Crippen molar-refractivity contribution in [3.05, 3.63) is 0 Å². The van der Waals surface area contributed by atoms with Gasteiger partial charge < -0.3 is 5.32 Å². The van der Waals surface area contributed by atoms with Gasteiger partial charge in [-0.3, -0.25) is 0 Å². The number of nitrogens with one attached hydrogen (secondary N) is 2. The molecule has 92 valence electrons. The molecule has 0 aliphatic carbocycles. The SMILES string of the molecule is CNCCNS(=O)(=O)CCCC(F)(F)F. The quantitative estimate of drug-likeness (QED) is 0.644. The molecule has 0 aromatic rings. The Bertz CT molecular complexity index is 264. The lowest BCUT2D eigenvalue weighted by atomic mass is 10.3. The molecule has 0 spiro atoms. The molecule has 15 heavy (non-hydrogen) atoms. The average molecular weight is 248 g/mol. The van der Waals surface area contributed by atoms with Crippen molar-refractivity contribution in [2.75, 3.05) is 25.9 Å². The summed E-state index contributed by atoms with van der Waals surface area (Å²) >= 11 is 0. The first-order valence-corrected chi connectivity index (χ1v) is 6.11. The minimum absolute atomic E-state index is 0.185. The van der Waals surface area contributed by atoms with Gasteiger partial charge in [0.2, 0.25) is 10.0 Å². The van der Waals surface area contributed by atoms with Crippen LogP contribution >= 0.6 is 0 Å². The Kier molecular flexibility index (Phi) is 6.15. The van der Waals surface area contributed by atoms with E-state index in [2.05, 4.69) is 10.0 Å². The highest BCUT2D eigenvalue weighted by molar-refractivity contribution is 7.89. The Balaban J connectivity index is 3.75. The minimum atomic E-state index is -4.29. The summed E-state index contributed by atoms with van der Waals surface area (Å²) in [5.41, 5.74) is 0. The monoisotopic (exact) mass is 248 g/mol. The molecule has 0 fully saturated rings. The molecule has 0 saturated heterocycles. The van der Waals surface area contributed by atoms with Gasteiger partial charge in [-0.1, -0.05) is 0 Å². The maximum absolute atomic E-state index is 11.7. The molecule has 0 aliphatic rings. The number of rotatable bonds is 7. The van der Waals surface area contributed by atoms with E-state index in [1.807, 2.05) is 0 Å². The number of alkyl halides is 3. The van der Waals surface area contributed by atoms with E-state index in [0.29, 0.717) is 6.54 Å². The molecule has 0 amide bonds. The van der Waals surface area contributed by atoms with Crippen molar-refractivity contribution < 1.29 is 21.6 Å². The molecule has 0 rings (SSSR count). The number of sulfonamides is 1. The van der Waals surface area contributed by atoms with E-state index in [1.165, 1.54) is 0 Å². The average Bonchev–Trinajstić information content (AvgIpc) is 2.01. The van der Waals surface area contributed by atoms with E-state index in [4.69, 9.17) is 0 Å². The summed E-state index contributed by atoms with van der Waals surface area (Å²) in [5, 5.41) is 2.71. The standard InChI is InChI=1S/C7H15F3N2O2S/c1-11-4-5-12-15(13,14)6-2-3-7(8,9)10/h11-12H,2-6H2,1H3. The fraction of sp³-hybridized carbons (Fsp3) is 1.00. The molecular formula is C7H15F3N2O2S. The molecule has 0 radical (unpaired) electrons. The number of hydrogen-bond acceptors (Lipinski definition) is 3. The third-order valence-corrected chi connectivity index (χ3v) is 3.04. The predicted octanol–water partition coefficient (Wildman–Crippen LogP) is 0.468. The Morgan fingerprint density at radius 2 is 1.80 bits per heavy atom. The minimum Gasteiger partial charge on any atom is -0.318 e. The van der Waals surface area contributed by atoms with Crippen LogP contribution in [0.15, 0.2) is 0 Å². The largest absolute Gasteiger partial charge is 0.389 e. The van der Waals surface area contributed by atoms with Crippen LogP contribution in [0.2, 0.25) is 0 Å². The first-order valence-electron chi connectivity index (χ1n) is 4.45. The van der Waals surface area contributed by atoms with Gasteiger partial charge in [-0.2, -0.15) is 13.2 Å². The van der Waals surface area contributed by atoms with Crippen LogP contribution in [0.3, 0.4) is 0 Å². The summed E-state index contributed by atoms with van der Waals surface area (Å²) in [7, 11) is -1.92. The molecule has 8 heteroatoms. The van der Waals surface area contributed by atoms with Crippen molar-refractivity contribution in [1.29, 1.82) is 0 Å². The highest BCUT2D eigenvalue weighted by atomic mass is 32.2. The number of likely N-dealkylation sites (N-methyl/N-ethyl adjacent to an activating group) is 1. The third-order valence-electron chi connectivity index (χ3n) is 1.57. The second kappa shape index (κ2) is 6.29. The molecule has 0 atom stereocenters. The molecule has 0 heterocycles. The van der Waals surface area contributed by atoms with E-state index in [-0.39, 0.29) is 6.54 Å². The van der Waals surface area contributed by atoms with Crippen molar-refractivity contribution in [3.63, 3.8) is 0 Å². The van der Waals surface area contributed by atoms with Crippen molar-refractivity contribution in [3.8, 4) is 0 Å². The van der Waals surface area contributed by atoms with E-state index >= 15 is 0 Å². The maximum Gasteiger partial charge on any atom is 0.389 e. The summed E-state index contributed by atoms with van der Waals surface area (Å²) in [6.45, 7) is 0.628. The van der Waals surface area contributed by atoms with Gasteiger partial charge in [0, 0.05) is 19.5 Å². The zero-order valence-electron chi connectivity index (χ0n) is 8.39. The van der Waals surface area contributed by atoms with Gasteiger partial charge in [-0.15, -0.1) is 0 Å². The van der Waals surface area contributed by atoms with Crippen LogP contribution in [0.1, 0.15) is 12.8 Å². The Labute approximate surface area is 87.3 Å². The van der Waals surface area contributed by atoms with Crippen LogP contribution in [0.4, 0.5) is 13.2 Å². The van der Waals surface area contributed by atoms with E-state index in [9.17, 15) is 21.6 Å². The third kappa shape index (κ3) is 9.95. The highest BCUT2D eigenvalue weighted by Crippen LogP contribution is 2.21. The van der Waals surface area contributed by atoms with Crippen LogP contribution in [0.5, 0.6) is 0 Å². The second-order valence-electron chi connectivity index (χ2n) is 3.04. The second-order valence-corrected chi connectivity index (χ2v) is 4.96. The van der Waals surface area contributed by atoms with Gasteiger partial charge in [0.1, 0.15) is 0 Å². The molecule has 0 bridgehead atoms. The number of hydrogen-bond donors (Lipinski definition) is 2. The summed E-state index contributed by atoms with van der Waals surface area (Å²) in [6, 6.07) is 0. The zero-order valence-corrected chi connectivity index (χ0v) is 9.21. The van der Waals surface area contributed by atoms with E-state index in [1.54, 1.807) is 7.05 Å². The Morgan fingerprint density at radius 3 is 2.27 bits per heavy atom. The first-order chi connectivity index (χ1) is 6.77. The van der Waals surface area contributed by atoms with Crippen molar-refractivity contribution >= 4 is 10.0 Å². The maximum atomic E-state index is 11.7. The van der Waals surface area contributed by atoms with Crippen LogP contribution in [-0.2, 0) is 10.0 Å². The predicted molar refractivity (Wildman–Crippen MR) is 51.0 cm³/mol. The van der Waals surface area contributed by atoms with Gasteiger partial charge in [0.25, 0.3) is 0 Å². The smallest absolute Gasteiger partial charge is 0.318 e. The normalized spacial score (nSPS) is 13.1. The van der Waals surface area contributed by atoms with Crippen molar-refractivity contribution in [2.24, 2.45) is 0 Å². The van der Waals surface area contributed by atoms with Gasteiger partial charge in [-0.05, 0) is 13.5 Å². The van der Waals surface area contributed by atoms with Gasteiger partial charge in [0.05, 0.1) is 5.75 Å². The molecule has 0 unspecified atom stereocenters. The van der Waals surface area contributed by atoms with Gasteiger partial charge >= 0.3 is 6.18 Å². The Morgan fingerprint density at radius 1 is 1.20 bits per heavy atom. The molecule has 0 aliphatic heterocycles. The fourth-order valence-corrected chi connectivity index (χ4v) is 1.95. The van der Waals surface area contributed by atoms with Crippen LogP contribution in [0.25, 0.3) is 0 Å². The number of halogens is 3. The summed E-state index contributed by atoms with van der Waals surface area (Å²) < 4.78 is 59.5. The summed E-state index contributed by atoms with van der Waals surface area (Å²) in [4.78, 5) is 0. The van der Waals surface area contributed by atoms with Crippen LogP contribution < -0.4 is 10.0 Å². The molecular weight excluding hydrogens is 233 g/mol. The Hall–Kier alpha value is -0.340. The molecule has 2 N–H and O–H groups in total. The topological polar surface area (TPSA) is 58.2 Å². The summed E-state index contributed by atoms with van der Waals surface area (Å²) in [5.74, 6) is -0.490. The van der Waals surface area contributed by atoms with Crippen LogP contribution in [0, 0.1) is 0 Å². The van der Waals surface area contributed by atoms with Crippen LogP contribution in [-0.4, -0.2) is 40.5 Å². The lowest BCUT2D eigenvalue weighted by Crippen LogP contribution is -2.32. The lowest BCUT2D eigenvalue weighted by molar-refractivity contribution is -0.134. The lowest BCUT2D eigenvalue weighted by Gasteiger charge is -2.07. The van der Waals surface area contributed by atoms with E-state index < -0.39 is 34.8 Å². The first kappa shape index (κ1) is 14.7. The zero-order chi connectivity index (χ0) is 11.9. The molecule has 0 saturated carbocycles. The highest BCUT2D eigenvalue weighted by Gasteiger charge is 2.27. The fourth-order valence-electron chi connectivity index (χ4n) is 0.866. The van der Waals surface area contributed by atoms with E-state index in [0.717, 1.165) is 0 Å². The molecule has 0 aromatic carbocycles.